The number of benzene rings is 3. The van der Waals surface area contributed by atoms with Gasteiger partial charge < -0.3 is 10.2 Å². The molecule has 0 unspecified atom stereocenters. The Morgan fingerprint density at radius 3 is 2.08 bits per heavy atom. The van der Waals surface area contributed by atoms with Gasteiger partial charge in [-0.2, -0.15) is 0 Å². The molecule has 0 heterocycles. The zero-order valence-corrected chi connectivity index (χ0v) is 25.4. The molecule has 0 fully saturated rings. The van der Waals surface area contributed by atoms with E-state index in [4.69, 9.17) is 0 Å². The van der Waals surface area contributed by atoms with Crippen LogP contribution in [0.25, 0.3) is 0 Å². The summed E-state index contributed by atoms with van der Waals surface area (Å²) in [6.45, 7) is 12.7. The summed E-state index contributed by atoms with van der Waals surface area (Å²) in [7, 11) is -4.10. The summed E-state index contributed by atoms with van der Waals surface area (Å²) in [5, 5.41) is 2.95. The second-order valence-electron chi connectivity index (χ2n) is 11.4. The van der Waals surface area contributed by atoms with Gasteiger partial charge in [-0.3, -0.25) is 13.9 Å². The molecular formula is C32H41N3O4S. The SMILES string of the molecule is Cc1ccc(S(=O)(=O)N(CC(=O)N(CCc2ccccc2)[C@H](C)C(=O)NC(C)(C)C)c2cc(C)ccc2C)cc1. The first-order valence-electron chi connectivity index (χ1n) is 13.5. The van der Waals surface area contributed by atoms with Gasteiger partial charge in [-0.25, -0.2) is 8.42 Å². The van der Waals surface area contributed by atoms with E-state index in [-0.39, 0.29) is 17.3 Å². The number of sulfonamides is 1. The topological polar surface area (TPSA) is 86.8 Å². The van der Waals surface area contributed by atoms with Crippen LogP contribution < -0.4 is 9.62 Å². The van der Waals surface area contributed by atoms with Crippen molar-refractivity contribution in [1.29, 1.82) is 0 Å². The van der Waals surface area contributed by atoms with E-state index in [0.717, 1.165) is 22.3 Å². The van der Waals surface area contributed by atoms with Crippen molar-refractivity contribution in [2.75, 3.05) is 17.4 Å². The molecule has 1 atom stereocenters. The summed E-state index contributed by atoms with van der Waals surface area (Å²) in [6.07, 6.45) is 0.522. The first-order chi connectivity index (χ1) is 18.7. The van der Waals surface area contributed by atoms with E-state index in [1.165, 1.54) is 9.21 Å². The Hall–Kier alpha value is -3.65. The molecule has 0 saturated carbocycles. The van der Waals surface area contributed by atoms with Gasteiger partial charge >= 0.3 is 0 Å². The van der Waals surface area contributed by atoms with Crippen LogP contribution in [0.5, 0.6) is 0 Å². The van der Waals surface area contributed by atoms with E-state index < -0.39 is 34.1 Å². The minimum absolute atomic E-state index is 0.0983. The Labute approximate surface area is 239 Å². The molecule has 0 spiro atoms. The largest absolute Gasteiger partial charge is 0.350 e. The molecule has 0 bridgehead atoms. The number of amides is 2. The summed E-state index contributed by atoms with van der Waals surface area (Å²) < 4.78 is 29.2. The van der Waals surface area contributed by atoms with Crippen molar-refractivity contribution in [3.63, 3.8) is 0 Å². The van der Waals surface area contributed by atoms with Crippen LogP contribution in [-0.2, 0) is 26.0 Å². The van der Waals surface area contributed by atoms with Gasteiger partial charge in [-0.05, 0) is 89.8 Å². The molecule has 0 saturated heterocycles. The lowest BCUT2D eigenvalue weighted by molar-refractivity contribution is -0.139. The molecule has 8 heteroatoms. The molecule has 0 aliphatic heterocycles. The van der Waals surface area contributed by atoms with Gasteiger partial charge in [0.05, 0.1) is 10.6 Å². The fourth-order valence-electron chi connectivity index (χ4n) is 4.38. The third-order valence-electron chi connectivity index (χ3n) is 6.67. The molecule has 0 radical (unpaired) electrons. The summed E-state index contributed by atoms with van der Waals surface area (Å²) in [5.41, 5.74) is 3.49. The molecule has 1 N–H and O–H groups in total. The highest BCUT2D eigenvalue weighted by atomic mass is 32.2. The lowest BCUT2D eigenvalue weighted by Gasteiger charge is -2.34. The van der Waals surface area contributed by atoms with Crippen molar-refractivity contribution >= 4 is 27.5 Å². The Morgan fingerprint density at radius 2 is 1.48 bits per heavy atom. The maximum absolute atomic E-state index is 14.0. The molecule has 40 heavy (non-hydrogen) atoms. The van der Waals surface area contributed by atoms with E-state index in [1.807, 2.05) is 84.0 Å². The Bertz CT molecular complexity index is 1430. The van der Waals surface area contributed by atoms with Gasteiger partial charge in [0, 0.05) is 12.1 Å². The molecule has 0 aromatic heterocycles. The third-order valence-corrected chi connectivity index (χ3v) is 8.44. The van der Waals surface area contributed by atoms with Crippen LogP contribution in [0, 0.1) is 20.8 Å². The summed E-state index contributed by atoms with van der Waals surface area (Å²) in [4.78, 5) is 28.8. The molecule has 0 aliphatic carbocycles. The summed E-state index contributed by atoms with van der Waals surface area (Å²) in [6, 6.07) is 21.0. The first-order valence-corrected chi connectivity index (χ1v) is 14.9. The van der Waals surface area contributed by atoms with Gasteiger partial charge in [0.25, 0.3) is 10.0 Å². The maximum atomic E-state index is 14.0. The second-order valence-corrected chi connectivity index (χ2v) is 13.2. The van der Waals surface area contributed by atoms with Crippen LogP contribution in [0.15, 0.2) is 77.7 Å². The number of nitrogens with one attached hydrogen (secondary N) is 1. The lowest BCUT2D eigenvalue weighted by Crippen LogP contribution is -2.55. The number of hydrogen-bond acceptors (Lipinski definition) is 4. The van der Waals surface area contributed by atoms with Gasteiger partial charge in [0.1, 0.15) is 12.6 Å². The number of aryl methyl sites for hydroxylation is 3. The number of rotatable bonds is 10. The van der Waals surface area contributed by atoms with Crippen LogP contribution >= 0.6 is 0 Å². The van der Waals surface area contributed by atoms with Crippen molar-refractivity contribution < 1.29 is 18.0 Å². The number of carbonyl (C=O) groups excluding carboxylic acids is 2. The molecule has 3 aromatic rings. The van der Waals surface area contributed by atoms with Gasteiger partial charge in [-0.1, -0.05) is 60.2 Å². The smallest absolute Gasteiger partial charge is 0.264 e. The van der Waals surface area contributed by atoms with Crippen molar-refractivity contribution in [2.45, 2.75) is 71.4 Å². The fraction of sp³-hybridized carbons (Fsp3) is 0.375. The molecule has 2 amide bonds. The quantitative estimate of drug-likeness (QED) is 0.368. The molecule has 0 aliphatic rings. The van der Waals surface area contributed by atoms with E-state index in [2.05, 4.69) is 5.32 Å². The van der Waals surface area contributed by atoms with E-state index in [1.54, 1.807) is 37.3 Å². The molecule has 3 aromatic carbocycles. The maximum Gasteiger partial charge on any atom is 0.264 e. The molecule has 3 rings (SSSR count). The standard InChI is InChI=1S/C32H41N3O4S/c1-23-14-17-28(18-15-23)40(38,39)35(29-21-24(2)13-16-25(29)3)22-30(36)34(20-19-27-11-9-8-10-12-27)26(4)31(37)33-32(5,6)7/h8-18,21,26H,19-20,22H2,1-7H3,(H,33,37)/t26-/m1/s1. The normalized spacial score (nSPS) is 12.5. The van der Waals surface area contributed by atoms with Crippen LogP contribution in [0.2, 0.25) is 0 Å². The van der Waals surface area contributed by atoms with Gasteiger partial charge in [0.2, 0.25) is 11.8 Å². The zero-order chi connectivity index (χ0) is 29.7. The average Bonchev–Trinajstić information content (AvgIpc) is 2.88. The van der Waals surface area contributed by atoms with Crippen molar-refractivity contribution in [3.8, 4) is 0 Å². The van der Waals surface area contributed by atoms with Crippen molar-refractivity contribution in [3.05, 3.63) is 95.1 Å². The fourth-order valence-corrected chi connectivity index (χ4v) is 5.85. The van der Waals surface area contributed by atoms with Crippen molar-refractivity contribution in [1.82, 2.24) is 10.2 Å². The summed E-state index contributed by atoms with van der Waals surface area (Å²) in [5.74, 6) is -0.752. The first kappa shape index (κ1) is 30.9. The Balaban J connectivity index is 2.03. The van der Waals surface area contributed by atoms with Crippen molar-refractivity contribution in [2.24, 2.45) is 0 Å². The highest BCUT2D eigenvalue weighted by Crippen LogP contribution is 2.28. The zero-order valence-electron chi connectivity index (χ0n) is 24.6. The van der Waals surface area contributed by atoms with Crippen LogP contribution in [-0.4, -0.2) is 49.8 Å². The van der Waals surface area contributed by atoms with Gasteiger partial charge in [0.15, 0.2) is 0 Å². The van der Waals surface area contributed by atoms with E-state index >= 15 is 0 Å². The minimum atomic E-state index is -4.10. The number of anilines is 1. The Kier molecular flexibility index (Phi) is 9.79. The summed E-state index contributed by atoms with van der Waals surface area (Å²) >= 11 is 0. The average molecular weight is 564 g/mol. The number of carbonyl (C=O) groups is 2. The highest BCUT2D eigenvalue weighted by molar-refractivity contribution is 7.92. The Morgan fingerprint density at radius 1 is 0.875 bits per heavy atom. The lowest BCUT2D eigenvalue weighted by atomic mass is 10.1. The van der Waals surface area contributed by atoms with E-state index in [9.17, 15) is 18.0 Å². The minimum Gasteiger partial charge on any atom is -0.350 e. The van der Waals surface area contributed by atoms with Gasteiger partial charge in [-0.15, -0.1) is 0 Å². The van der Waals surface area contributed by atoms with Crippen LogP contribution in [0.1, 0.15) is 49.9 Å². The van der Waals surface area contributed by atoms with Crippen LogP contribution in [0.4, 0.5) is 5.69 Å². The predicted octanol–water partition coefficient (Wildman–Crippen LogP) is 5.18. The molecule has 214 valence electrons. The molecular weight excluding hydrogens is 522 g/mol. The number of hydrogen-bond donors (Lipinski definition) is 1. The highest BCUT2D eigenvalue weighted by Gasteiger charge is 2.33. The van der Waals surface area contributed by atoms with Crippen LogP contribution in [0.3, 0.4) is 0 Å². The predicted molar refractivity (Wildman–Crippen MR) is 161 cm³/mol. The molecule has 7 nitrogen and oxygen atoms in total. The monoisotopic (exact) mass is 563 g/mol. The van der Waals surface area contributed by atoms with E-state index in [0.29, 0.717) is 12.1 Å². The second kappa shape index (κ2) is 12.7. The number of nitrogens with zero attached hydrogens (tertiary/aromatic N) is 2. The third kappa shape index (κ3) is 7.94.